The monoisotopic (exact) mass is 455 g/mol. The van der Waals surface area contributed by atoms with Gasteiger partial charge in [-0.15, -0.1) is 0 Å². The first-order valence-corrected chi connectivity index (χ1v) is 11.5. The van der Waals surface area contributed by atoms with Crippen molar-refractivity contribution in [3.05, 3.63) is 66.0 Å². The van der Waals surface area contributed by atoms with Gasteiger partial charge in [0, 0.05) is 45.4 Å². The highest BCUT2D eigenvalue weighted by Crippen LogP contribution is 2.34. The zero-order valence-electron chi connectivity index (χ0n) is 19.7. The lowest BCUT2D eigenvalue weighted by Gasteiger charge is -2.25. The minimum atomic E-state index is -0.425. The molecule has 3 aromatic rings. The van der Waals surface area contributed by atoms with Crippen molar-refractivity contribution in [3.63, 3.8) is 0 Å². The summed E-state index contributed by atoms with van der Waals surface area (Å²) in [4.78, 5) is 2.16. The van der Waals surface area contributed by atoms with Crippen molar-refractivity contribution in [2.45, 2.75) is 38.8 Å². The van der Waals surface area contributed by atoms with Crippen molar-refractivity contribution in [2.75, 3.05) is 26.8 Å². The predicted molar refractivity (Wildman–Crippen MR) is 128 cm³/mol. The molecule has 0 aliphatic rings. The van der Waals surface area contributed by atoms with Gasteiger partial charge in [-0.25, -0.2) is 9.07 Å². The van der Waals surface area contributed by atoms with E-state index in [1.165, 1.54) is 12.1 Å². The van der Waals surface area contributed by atoms with Crippen LogP contribution in [-0.4, -0.2) is 52.7 Å². The number of aryl methyl sites for hydroxylation is 1. The number of benzene rings is 2. The third-order valence-corrected chi connectivity index (χ3v) is 5.50. The number of rotatable bonds is 13. The summed E-state index contributed by atoms with van der Waals surface area (Å²) >= 11 is 0. The Labute approximate surface area is 195 Å². The molecule has 1 unspecified atom stereocenters. The Hall–Kier alpha value is -2.74. The van der Waals surface area contributed by atoms with Crippen LogP contribution < -0.4 is 4.74 Å². The van der Waals surface area contributed by atoms with Gasteiger partial charge in [0.05, 0.1) is 18.3 Å². The molecule has 178 valence electrons. The minimum Gasteiger partial charge on any atom is -0.439 e. The van der Waals surface area contributed by atoms with E-state index in [2.05, 4.69) is 11.8 Å². The largest absolute Gasteiger partial charge is 0.439 e. The van der Waals surface area contributed by atoms with E-state index in [0.29, 0.717) is 37.9 Å². The summed E-state index contributed by atoms with van der Waals surface area (Å²) in [5.41, 5.74) is 2.65. The fraction of sp³-hybridized carbons (Fsp3) is 0.423. The van der Waals surface area contributed by atoms with Crippen molar-refractivity contribution >= 4 is 0 Å². The van der Waals surface area contributed by atoms with Crippen molar-refractivity contribution in [1.82, 2.24) is 14.7 Å². The zero-order valence-corrected chi connectivity index (χ0v) is 19.7. The third kappa shape index (κ3) is 7.12. The smallest absolute Gasteiger partial charge is 0.222 e. The van der Waals surface area contributed by atoms with E-state index < -0.39 is 6.10 Å². The number of hydrogen-bond acceptors (Lipinski definition) is 5. The van der Waals surface area contributed by atoms with Crippen LogP contribution in [0.15, 0.2) is 54.6 Å². The summed E-state index contributed by atoms with van der Waals surface area (Å²) in [5.74, 6) is 0.593. The van der Waals surface area contributed by atoms with Gasteiger partial charge >= 0.3 is 0 Å². The van der Waals surface area contributed by atoms with Crippen LogP contribution in [0.4, 0.5) is 4.39 Å². The quantitative estimate of drug-likeness (QED) is 0.392. The van der Waals surface area contributed by atoms with Crippen LogP contribution in [0.25, 0.3) is 11.3 Å². The molecule has 3 rings (SSSR count). The summed E-state index contributed by atoms with van der Waals surface area (Å²) < 4.78 is 26.9. The van der Waals surface area contributed by atoms with Crippen LogP contribution in [0.5, 0.6) is 11.6 Å². The Morgan fingerprint density at radius 2 is 1.94 bits per heavy atom. The van der Waals surface area contributed by atoms with Gasteiger partial charge in [0.15, 0.2) is 0 Å². The standard InChI is InChI=1S/C26H34FN3O3/c1-4-5-13-22(31)18-30(15-16-32-3)19-24-25(20-10-7-6-8-11-20)28-29(2)26(24)33-23-14-9-12-21(27)17-23/h6-12,14,17,22,31H,4-5,13,15-16,18-19H2,1-3H3. The molecule has 1 heterocycles. The molecular weight excluding hydrogens is 421 g/mol. The second kappa shape index (κ2) is 12.5. The van der Waals surface area contributed by atoms with Gasteiger partial charge in [-0.05, 0) is 18.6 Å². The highest BCUT2D eigenvalue weighted by atomic mass is 19.1. The van der Waals surface area contributed by atoms with Gasteiger partial charge < -0.3 is 14.6 Å². The molecule has 1 atom stereocenters. The summed E-state index contributed by atoms with van der Waals surface area (Å²) in [6.07, 6.45) is 2.36. The Balaban J connectivity index is 1.96. The number of aromatic nitrogens is 2. The maximum absolute atomic E-state index is 13.8. The Morgan fingerprint density at radius 1 is 1.15 bits per heavy atom. The van der Waals surface area contributed by atoms with Gasteiger partial charge in [-0.3, -0.25) is 4.90 Å². The number of unbranched alkanes of at least 4 members (excludes halogenated alkanes) is 1. The van der Waals surface area contributed by atoms with E-state index in [1.807, 2.05) is 37.4 Å². The Kier molecular flexibility index (Phi) is 9.42. The van der Waals surface area contributed by atoms with Gasteiger partial charge in [0.25, 0.3) is 0 Å². The van der Waals surface area contributed by atoms with Crippen LogP contribution in [0.1, 0.15) is 31.7 Å². The first-order chi connectivity index (χ1) is 16.0. The van der Waals surface area contributed by atoms with Gasteiger partial charge in [-0.2, -0.15) is 5.10 Å². The average molecular weight is 456 g/mol. The molecule has 0 radical (unpaired) electrons. The first kappa shape index (κ1) is 24.9. The molecule has 0 saturated carbocycles. The van der Waals surface area contributed by atoms with Crippen LogP contribution in [0.3, 0.4) is 0 Å². The molecule has 6 nitrogen and oxygen atoms in total. The molecule has 0 bridgehead atoms. The molecule has 0 aliphatic heterocycles. The molecule has 0 spiro atoms. The highest BCUT2D eigenvalue weighted by molar-refractivity contribution is 5.65. The molecule has 1 N–H and O–H groups in total. The molecule has 0 aliphatic carbocycles. The molecule has 33 heavy (non-hydrogen) atoms. The van der Waals surface area contributed by atoms with E-state index in [1.54, 1.807) is 23.9 Å². The predicted octanol–water partition coefficient (Wildman–Crippen LogP) is 5.02. The molecule has 2 aromatic carbocycles. The number of aliphatic hydroxyl groups excluding tert-OH is 1. The summed E-state index contributed by atoms with van der Waals surface area (Å²) in [5, 5.41) is 15.3. The fourth-order valence-electron chi connectivity index (χ4n) is 3.80. The second-order valence-corrected chi connectivity index (χ2v) is 8.21. The highest BCUT2D eigenvalue weighted by Gasteiger charge is 2.23. The molecule has 0 amide bonds. The molecule has 7 heteroatoms. The van der Waals surface area contributed by atoms with E-state index in [9.17, 15) is 9.50 Å². The van der Waals surface area contributed by atoms with Crippen LogP contribution in [-0.2, 0) is 18.3 Å². The zero-order chi connectivity index (χ0) is 23.6. The molecule has 0 fully saturated rings. The minimum absolute atomic E-state index is 0.361. The fourth-order valence-corrected chi connectivity index (χ4v) is 3.80. The maximum atomic E-state index is 13.8. The van der Waals surface area contributed by atoms with E-state index >= 15 is 0 Å². The van der Waals surface area contributed by atoms with Gasteiger partial charge in [0.2, 0.25) is 5.88 Å². The average Bonchev–Trinajstić information content (AvgIpc) is 3.11. The van der Waals surface area contributed by atoms with Crippen molar-refractivity contribution in [3.8, 4) is 22.9 Å². The second-order valence-electron chi connectivity index (χ2n) is 8.21. The molecular formula is C26H34FN3O3. The van der Waals surface area contributed by atoms with Crippen LogP contribution >= 0.6 is 0 Å². The lowest BCUT2D eigenvalue weighted by Crippen LogP contribution is -2.34. The van der Waals surface area contributed by atoms with Crippen molar-refractivity contribution in [1.29, 1.82) is 0 Å². The Bertz CT molecular complexity index is 994. The SMILES string of the molecule is CCCCC(O)CN(CCOC)Cc1c(-c2ccccc2)nn(C)c1Oc1cccc(F)c1. The first-order valence-electron chi connectivity index (χ1n) is 11.5. The number of ether oxygens (including phenoxy) is 2. The van der Waals surface area contributed by atoms with Gasteiger partial charge in [-0.1, -0.05) is 56.2 Å². The summed E-state index contributed by atoms with van der Waals surface area (Å²) in [7, 11) is 3.49. The third-order valence-electron chi connectivity index (χ3n) is 5.50. The van der Waals surface area contributed by atoms with E-state index in [-0.39, 0.29) is 5.82 Å². The number of nitrogens with zero attached hydrogens (tertiary/aromatic N) is 3. The molecule has 0 saturated heterocycles. The van der Waals surface area contributed by atoms with E-state index in [0.717, 1.165) is 36.1 Å². The van der Waals surface area contributed by atoms with Crippen LogP contribution in [0.2, 0.25) is 0 Å². The number of halogens is 1. The van der Waals surface area contributed by atoms with Crippen molar-refractivity contribution < 1.29 is 19.0 Å². The van der Waals surface area contributed by atoms with Crippen LogP contribution in [0, 0.1) is 5.82 Å². The van der Waals surface area contributed by atoms with Gasteiger partial charge in [0.1, 0.15) is 17.3 Å². The normalized spacial score (nSPS) is 12.3. The lowest BCUT2D eigenvalue weighted by atomic mass is 10.1. The topological polar surface area (TPSA) is 59.8 Å². The lowest BCUT2D eigenvalue weighted by molar-refractivity contribution is 0.0788. The molecule has 1 aromatic heterocycles. The summed E-state index contributed by atoms with van der Waals surface area (Å²) in [6.45, 7) is 4.35. The van der Waals surface area contributed by atoms with Crippen molar-refractivity contribution in [2.24, 2.45) is 7.05 Å². The maximum Gasteiger partial charge on any atom is 0.222 e. The number of methoxy groups -OCH3 is 1. The summed E-state index contributed by atoms with van der Waals surface area (Å²) in [6, 6.07) is 16.0. The number of aliphatic hydroxyl groups is 1. The Morgan fingerprint density at radius 3 is 2.64 bits per heavy atom. The number of hydrogen-bond donors (Lipinski definition) is 1. The van der Waals surface area contributed by atoms with E-state index in [4.69, 9.17) is 14.6 Å².